The molecule has 0 amide bonds. The molecule has 0 radical (unpaired) electrons. The second kappa shape index (κ2) is 29.0. The first-order valence-corrected chi connectivity index (χ1v) is 33.4. The van der Waals surface area contributed by atoms with Crippen LogP contribution < -0.4 is 63.7 Å². The fourth-order valence-corrected chi connectivity index (χ4v) is 20.3. The Morgan fingerprint density at radius 2 is 0.185 bits per heavy atom. The van der Waals surface area contributed by atoms with E-state index in [2.05, 4.69) is 0 Å². The molecular formula is C72H64NiO4P4+6. The summed E-state index contributed by atoms with van der Waals surface area (Å²) in [6.45, 7) is 0. The Morgan fingerprint density at radius 3 is 0.247 bits per heavy atom. The van der Waals surface area contributed by atoms with E-state index in [0.717, 1.165) is 63.7 Å². The van der Waals surface area contributed by atoms with Gasteiger partial charge in [-0.2, -0.15) is 0 Å². The van der Waals surface area contributed by atoms with Crippen molar-refractivity contribution in [2.45, 2.75) is 0 Å². The van der Waals surface area contributed by atoms with Crippen LogP contribution in [0.15, 0.2) is 364 Å². The minimum absolute atomic E-state index is 0. The van der Waals surface area contributed by atoms with E-state index < -0.39 is 28.6 Å². The fourth-order valence-electron chi connectivity index (χ4n) is 9.51. The van der Waals surface area contributed by atoms with Gasteiger partial charge in [-0.15, -0.1) is 0 Å². The third-order valence-electron chi connectivity index (χ3n) is 13.6. The quantitative estimate of drug-likeness (QED) is 0.0663. The van der Waals surface area contributed by atoms with E-state index in [4.69, 9.17) is 0 Å². The zero-order valence-corrected chi connectivity index (χ0v) is 49.1. The maximum Gasteiger partial charge on any atom is 2.00 e. The molecule has 4 N–H and O–H groups in total. The first kappa shape index (κ1) is 59.2. The largest absolute Gasteiger partial charge is 2.00 e. The Labute approximate surface area is 487 Å². The number of rotatable bonds is 12. The number of hydrogen-bond acceptors (Lipinski definition) is 0. The van der Waals surface area contributed by atoms with Crippen LogP contribution in [-0.2, 0) is 16.5 Å². The molecule has 0 atom stereocenters. The van der Waals surface area contributed by atoms with Gasteiger partial charge < -0.3 is 18.3 Å². The van der Waals surface area contributed by atoms with E-state index in [9.17, 15) is 18.3 Å². The Balaban J connectivity index is 0.000000141. The molecule has 9 heteroatoms. The summed E-state index contributed by atoms with van der Waals surface area (Å²) >= 11 is 0. The summed E-state index contributed by atoms with van der Waals surface area (Å²) in [6.07, 6.45) is 0. The van der Waals surface area contributed by atoms with Crippen LogP contribution in [0, 0.1) is 0 Å². The summed E-state index contributed by atoms with van der Waals surface area (Å²) in [6, 6.07) is 119. The van der Waals surface area contributed by atoms with Crippen molar-refractivity contribution in [3.8, 4) is 0 Å². The van der Waals surface area contributed by atoms with Crippen molar-refractivity contribution in [3.63, 3.8) is 0 Å². The van der Waals surface area contributed by atoms with E-state index in [1.54, 1.807) is 0 Å². The first-order chi connectivity index (χ1) is 39.3. The van der Waals surface area contributed by atoms with Gasteiger partial charge in [-0.3, -0.25) is 0 Å². The predicted molar refractivity (Wildman–Crippen MR) is 348 cm³/mol. The van der Waals surface area contributed by atoms with Gasteiger partial charge in [0.2, 0.25) is 0 Å². The summed E-state index contributed by atoms with van der Waals surface area (Å²) in [4.78, 5) is 0. The molecule has 4 nitrogen and oxygen atoms in total. The maximum absolute atomic E-state index is 11.5. The van der Waals surface area contributed by atoms with Crippen LogP contribution in [0.1, 0.15) is 0 Å². The molecule has 0 unspecified atom stereocenters. The van der Waals surface area contributed by atoms with Gasteiger partial charge in [0.15, 0.2) is 0 Å². The van der Waals surface area contributed by atoms with Crippen molar-refractivity contribution in [3.05, 3.63) is 364 Å². The molecule has 0 spiro atoms. The molecule has 400 valence electrons. The van der Waals surface area contributed by atoms with Gasteiger partial charge in [0, 0.05) is 0 Å². The van der Waals surface area contributed by atoms with Crippen LogP contribution in [0.4, 0.5) is 0 Å². The maximum atomic E-state index is 11.5. The fraction of sp³-hybridized carbons (Fsp3) is 0. The van der Waals surface area contributed by atoms with Gasteiger partial charge in [-0.25, -0.2) is 0 Å². The van der Waals surface area contributed by atoms with Gasteiger partial charge in [-0.1, -0.05) is 218 Å². The van der Waals surface area contributed by atoms with E-state index >= 15 is 0 Å². The summed E-state index contributed by atoms with van der Waals surface area (Å²) in [5, 5.41) is 11.8. The Morgan fingerprint density at radius 1 is 0.123 bits per heavy atom. The van der Waals surface area contributed by atoms with Crippen molar-refractivity contribution >= 4 is 92.2 Å². The van der Waals surface area contributed by atoms with Gasteiger partial charge in [0.05, 0.1) is 63.7 Å². The minimum Gasteiger partial charge on any atom is -0.307 e. The van der Waals surface area contributed by atoms with Crippen LogP contribution in [0.25, 0.3) is 0 Å². The Bertz CT molecular complexity index is 3010. The average Bonchev–Trinajstić information content (AvgIpc) is 3.63. The molecule has 12 aromatic rings. The molecule has 0 aromatic heterocycles. The van der Waals surface area contributed by atoms with Gasteiger partial charge in [0.1, 0.15) is 0 Å². The summed E-state index contributed by atoms with van der Waals surface area (Å²) in [7, 11) is -10.1. The van der Waals surface area contributed by atoms with Crippen molar-refractivity contribution < 1.29 is 34.8 Å². The zero-order valence-electron chi connectivity index (χ0n) is 44.5. The topological polar surface area (TPSA) is 85.6 Å². The smallest absolute Gasteiger partial charge is 0.307 e. The molecular weight excluding hydrogens is 1110 g/mol. The first-order valence-electron chi connectivity index (χ1n) is 26.4. The second-order valence-corrected chi connectivity index (χ2v) is 29.8. The van der Waals surface area contributed by atoms with Crippen molar-refractivity contribution in [2.24, 2.45) is 0 Å². The van der Waals surface area contributed by atoms with E-state index in [1.807, 2.05) is 364 Å². The molecule has 0 fully saturated rings. The standard InChI is InChI=1S/4C18H15OP.Ni/c4*19-20(16-10-4-1-5-11-16,17-12-6-2-7-13-17)18-14-8-3-9-15-18;/h4*1-15H;/q;;;;+2/p+4. The Hall–Kier alpha value is -7.95. The van der Waals surface area contributed by atoms with Crippen molar-refractivity contribution in [1.29, 1.82) is 0 Å². The van der Waals surface area contributed by atoms with Gasteiger partial charge in [0.25, 0.3) is 0 Å². The molecule has 12 aromatic carbocycles. The van der Waals surface area contributed by atoms with Gasteiger partial charge in [-0.05, 0) is 146 Å². The van der Waals surface area contributed by atoms with Crippen LogP contribution in [0.2, 0.25) is 0 Å². The molecule has 81 heavy (non-hydrogen) atoms. The molecule has 12 rings (SSSR count). The molecule has 0 bridgehead atoms. The zero-order chi connectivity index (χ0) is 55.4. The number of benzene rings is 12. The summed E-state index contributed by atoms with van der Waals surface area (Å²) in [5.74, 6) is 0. The molecule has 0 aliphatic carbocycles. The average molecular weight is 1180 g/mol. The van der Waals surface area contributed by atoms with Crippen LogP contribution in [0.5, 0.6) is 0 Å². The van der Waals surface area contributed by atoms with Crippen molar-refractivity contribution in [1.82, 2.24) is 0 Å². The van der Waals surface area contributed by atoms with E-state index in [-0.39, 0.29) is 16.5 Å². The SMILES string of the molecule is [Ni+2].[OH+]=P(c1ccccc1)(c1ccccc1)c1ccccc1.[OH+]=P(c1ccccc1)(c1ccccc1)c1ccccc1.[OH+]=P(c1ccccc1)(c1ccccc1)c1ccccc1.[OH+]=P(c1ccccc1)(c1ccccc1)c1ccccc1. The minimum atomic E-state index is -2.53. The third-order valence-corrected chi connectivity index (χ3v) is 26.1. The Kier molecular flexibility index (Phi) is 21.2. The van der Waals surface area contributed by atoms with Crippen LogP contribution >= 0.6 is 28.6 Å². The monoisotopic (exact) mass is 1170 g/mol. The van der Waals surface area contributed by atoms with Crippen molar-refractivity contribution in [2.75, 3.05) is 0 Å². The molecule has 0 saturated heterocycles. The van der Waals surface area contributed by atoms with E-state index in [1.165, 1.54) is 0 Å². The third kappa shape index (κ3) is 13.8. The summed E-state index contributed by atoms with van der Waals surface area (Å²) in [5.41, 5.74) is 0. The van der Waals surface area contributed by atoms with Gasteiger partial charge >= 0.3 is 45.1 Å². The molecule has 0 aliphatic rings. The van der Waals surface area contributed by atoms with Crippen LogP contribution in [-0.4, -0.2) is 18.3 Å². The predicted octanol–water partition coefficient (Wildman–Crippen LogP) is 13.1. The normalized spacial score (nSPS) is 11.1. The summed E-state index contributed by atoms with van der Waals surface area (Å²) < 4.78 is 46.1. The molecule has 0 saturated carbocycles. The second-order valence-electron chi connectivity index (χ2n) is 18.6. The molecule has 0 aliphatic heterocycles. The van der Waals surface area contributed by atoms with Crippen LogP contribution in [0.3, 0.4) is 0 Å². The van der Waals surface area contributed by atoms with E-state index in [0.29, 0.717) is 0 Å². The number of hydrogen-bond donors (Lipinski definition) is 0. The molecule has 0 heterocycles.